The summed E-state index contributed by atoms with van der Waals surface area (Å²) < 4.78 is 5.24. The van der Waals surface area contributed by atoms with E-state index in [1.165, 1.54) is 6.33 Å². The molecular weight excluding hydrogens is 244 g/mol. The van der Waals surface area contributed by atoms with E-state index in [1.54, 1.807) is 11.0 Å². The van der Waals surface area contributed by atoms with Gasteiger partial charge in [0.25, 0.3) is 5.91 Å². The first kappa shape index (κ1) is 13.7. The Kier molecular flexibility index (Phi) is 3.99. The Morgan fingerprint density at radius 2 is 2.00 bits per heavy atom. The van der Waals surface area contributed by atoms with E-state index in [9.17, 15) is 4.79 Å². The smallest absolute Gasteiger partial charge is 0.272 e. The van der Waals surface area contributed by atoms with Gasteiger partial charge in [0.2, 0.25) is 0 Å². The van der Waals surface area contributed by atoms with Gasteiger partial charge in [-0.15, -0.1) is 0 Å². The van der Waals surface area contributed by atoms with Gasteiger partial charge in [-0.25, -0.2) is 9.97 Å². The Morgan fingerprint density at radius 3 is 2.63 bits per heavy atom. The molecule has 1 saturated heterocycles. The van der Waals surface area contributed by atoms with Crippen molar-refractivity contribution >= 4 is 11.7 Å². The molecular formula is C13H20N4O2. The van der Waals surface area contributed by atoms with Crippen LogP contribution in [-0.4, -0.2) is 52.6 Å². The number of nitrogens with zero attached hydrogens (tertiary/aromatic N) is 3. The molecule has 0 atom stereocenters. The van der Waals surface area contributed by atoms with E-state index in [1.807, 2.05) is 20.8 Å². The summed E-state index contributed by atoms with van der Waals surface area (Å²) in [6.45, 7) is 8.53. The topological polar surface area (TPSA) is 67.4 Å². The van der Waals surface area contributed by atoms with Gasteiger partial charge >= 0.3 is 0 Å². The van der Waals surface area contributed by atoms with Gasteiger partial charge in [0.1, 0.15) is 17.8 Å². The van der Waals surface area contributed by atoms with E-state index in [-0.39, 0.29) is 11.4 Å². The van der Waals surface area contributed by atoms with Crippen LogP contribution in [0.2, 0.25) is 0 Å². The Morgan fingerprint density at radius 1 is 1.32 bits per heavy atom. The van der Waals surface area contributed by atoms with Crippen LogP contribution in [0.1, 0.15) is 31.3 Å². The molecule has 2 rings (SSSR count). The van der Waals surface area contributed by atoms with Crippen LogP contribution in [0, 0.1) is 0 Å². The summed E-state index contributed by atoms with van der Waals surface area (Å²) in [6, 6.07) is 1.70. The van der Waals surface area contributed by atoms with Crippen LogP contribution in [-0.2, 0) is 4.74 Å². The van der Waals surface area contributed by atoms with Gasteiger partial charge in [-0.3, -0.25) is 4.79 Å². The van der Waals surface area contributed by atoms with Crippen LogP contribution < -0.4 is 5.32 Å². The molecule has 1 aliphatic rings. The molecule has 104 valence electrons. The second-order valence-corrected chi connectivity index (χ2v) is 5.57. The van der Waals surface area contributed by atoms with Crippen LogP contribution in [0.25, 0.3) is 0 Å². The summed E-state index contributed by atoms with van der Waals surface area (Å²) in [5.74, 6) is 0.599. The van der Waals surface area contributed by atoms with Gasteiger partial charge in [-0.2, -0.15) is 0 Å². The van der Waals surface area contributed by atoms with Crippen LogP contribution in [0.5, 0.6) is 0 Å². The van der Waals surface area contributed by atoms with E-state index in [4.69, 9.17) is 4.74 Å². The monoisotopic (exact) mass is 264 g/mol. The highest BCUT2D eigenvalue weighted by molar-refractivity contribution is 5.93. The van der Waals surface area contributed by atoms with Gasteiger partial charge in [0, 0.05) is 24.7 Å². The lowest BCUT2D eigenvalue weighted by Crippen LogP contribution is -2.41. The van der Waals surface area contributed by atoms with Gasteiger partial charge in [-0.05, 0) is 20.8 Å². The molecule has 1 amide bonds. The standard InChI is InChI=1S/C13H20N4O2/c1-13(2,3)16-11-8-10(14-9-15-11)12(18)17-4-6-19-7-5-17/h8-9H,4-7H2,1-3H3,(H,14,15,16). The maximum Gasteiger partial charge on any atom is 0.272 e. The Labute approximate surface area is 113 Å². The fraction of sp³-hybridized carbons (Fsp3) is 0.615. The van der Waals surface area contributed by atoms with Crippen LogP contribution in [0.15, 0.2) is 12.4 Å². The van der Waals surface area contributed by atoms with Crippen molar-refractivity contribution < 1.29 is 9.53 Å². The fourth-order valence-electron chi connectivity index (χ4n) is 1.86. The van der Waals surface area contributed by atoms with E-state index in [0.717, 1.165) is 0 Å². The lowest BCUT2D eigenvalue weighted by atomic mass is 10.1. The third kappa shape index (κ3) is 3.89. The molecule has 1 aliphatic heterocycles. The number of morpholine rings is 1. The number of ether oxygens (including phenoxy) is 1. The van der Waals surface area contributed by atoms with Gasteiger partial charge in [-0.1, -0.05) is 0 Å². The number of carbonyl (C=O) groups excluding carboxylic acids is 1. The van der Waals surface area contributed by atoms with Gasteiger partial charge in [0.15, 0.2) is 0 Å². The maximum absolute atomic E-state index is 12.3. The van der Waals surface area contributed by atoms with E-state index < -0.39 is 0 Å². The van der Waals surface area contributed by atoms with E-state index >= 15 is 0 Å². The van der Waals surface area contributed by atoms with Crippen molar-refractivity contribution in [1.29, 1.82) is 0 Å². The summed E-state index contributed by atoms with van der Waals surface area (Å²) in [5, 5.41) is 3.23. The Bertz CT molecular complexity index is 450. The predicted molar refractivity (Wildman–Crippen MR) is 72.1 cm³/mol. The number of anilines is 1. The van der Waals surface area contributed by atoms with E-state index in [0.29, 0.717) is 37.8 Å². The quantitative estimate of drug-likeness (QED) is 0.868. The molecule has 0 aromatic carbocycles. The first-order chi connectivity index (χ1) is 8.96. The SMILES string of the molecule is CC(C)(C)Nc1cc(C(=O)N2CCOCC2)ncn1. The number of hydrogen-bond donors (Lipinski definition) is 1. The first-order valence-corrected chi connectivity index (χ1v) is 6.43. The highest BCUT2D eigenvalue weighted by Gasteiger charge is 2.20. The third-order valence-electron chi connectivity index (χ3n) is 2.69. The van der Waals surface area contributed by atoms with Crippen molar-refractivity contribution in [2.24, 2.45) is 0 Å². The summed E-state index contributed by atoms with van der Waals surface area (Å²) in [5.41, 5.74) is 0.317. The zero-order valence-corrected chi connectivity index (χ0v) is 11.6. The normalized spacial score (nSPS) is 16.3. The van der Waals surface area contributed by atoms with Crippen molar-refractivity contribution in [3.63, 3.8) is 0 Å². The third-order valence-corrected chi connectivity index (χ3v) is 2.69. The fourth-order valence-corrected chi connectivity index (χ4v) is 1.86. The molecule has 2 heterocycles. The minimum Gasteiger partial charge on any atom is -0.378 e. The second-order valence-electron chi connectivity index (χ2n) is 5.57. The molecule has 1 aromatic heterocycles. The van der Waals surface area contributed by atoms with Crippen molar-refractivity contribution in [3.8, 4) is 0 Å². The molecule has 1 N–H and O–H groups in total. The molecule has 6 heteroatoms. The lowest BCUT2D eigenvalue weighted by Gasteiger charge is -2.26. The highest BCUT2D eigenvalue weighted by atomic mass is 16.5. The number of aromatic nitrogens is 2. The van der Waals surface area contributed by atoms with E-state index in [2.05, 4.69) is 15.3 Å². The van der Waals surface area contributed by atoms with Gasteiger partial charge < -0.3 is 15.0 Å². The van der Waals surface area contributed by atoms with Crippen LogP contribution in [0.4, 0.5) is 5.82 Å². The largest absolute Gasteiger partial charge is 0.378 e. The zero-order chi connectivity index (χ0) is 13.9. The molecule has 1 fully saturated rings. The highest BCUT2D eigenvalue weighted by Crippen LogP contribution is 2.13. The number of carbonyl (C=O) groups is 1. The molecule has 0 unspecified atom stereocenters. The first-order valence-electron chi connectivity index (χ1n) is 6.43. The summed E-state index contributed by atoms with van der Waals surface area (Å²) in [4.78, 5) is 22.2. The molecule has 0 bridgehead atoms. The van der Waals surface area contributed by atoms with Crippen molar-refractivity contribution in [1.82, 2.24) is 14.9 Å². The number of hydrogen-bond acceptors (Lipinski definition) is 5. The number of amides is 1. The summed E-state index contributed by atoms with van der Waals surface area (Å²) in [7, 11) is 0. The molecule has 19 heavy (non-hydrogen) atoms. The number of rotatable bonds is 2. The summed E-state index contributed by atoms with van der Waals surface area (Å²) >= 11 is 0. The molecule has 0 spiro atoms. The minimum absolute atomic E-state index is 0.0670. The van der Waals surface area contributed by atoms with Crippen molar-refractivity contribution in [3.05, 3.63) is 18.1 Å². The zero-order valence-electron chi connectivity index (χ0n) is 11.6. The van der Waals surface area contributed by atoms with Crippen LogP contribution >= 0.6 is 0 Å². The summed E-state index contributed by atoms with van der Waals surface area (Å²) in [6.07, 6.45) is 1.42. The number of nitrogens with one attached hydrogen (secondary N) is 1. The molecule has 1 aromatic rings. The Balaban J connectivity index is 2.11. The van der Waals surface area contributed by atoms with Crippen molar-refractivity contribution in [2.75, 3.05) is 31.6 Å². The van der Waals surface area contributed by atoms with Crippen molar-refractivity contribution in [2.45, 2.75) is 26.3 Å². The molecule has 0 saturated carbocycles. The lowest BCUT2D eigenvalue weighted by molar-refractivity contribution is 0.0299. The van der Waals surface area contributed by atoms with Crippen LogP contribution in [0.3, 0.4) is 0 Å². The maximum atomic E-state index is 12.3. The Hall–Kier alpha value is -1.69. The molecule has 0 aliphatic carbocycles. The molecule has 6 nitrogen and oxygen atoms in total. The average Bonchev–Trinajstić information content (AvgIpc) is 2.37. The van der Waals surface area contributed by atoms with Gasteiger partial charge in [0.05, 0.1) is 13.2 Å². The minimum atomic E-state index is -0.104. The molecule has 0 radical (unpaired) electrons. The average molecular weight is 264 g/mol. The second kappa shape index (κ2) is 5.52. The predicted octanol–water partition coefficient (Wildman–Crippen LogP) is 1.16.